The number of halogens is 1. The molecule has 0 radical (unpaired) electrons. The van der Waals surface area contributed by atoms with Crippen LogP contribution in [0.1, 0.15) is 18.1 Å². The second kappa shape index (κ2) is 10.8. The molecule has 170 valence electrons. The van der Waals surface area contributed by atoms with Gasteiger partial charge in [0.25, 0.3) is 0 Å². The van der Waals surface area contributed by atoms with Gasteiger partial charge in [0.05, 0.1) is 25.9 Å². The number of nitriles is 1. The van der Waals surface area contributed by atoms with E-state index in [4.69, 9.17) is 9.47 Å². The summed E-state index contributed by atoms with van der Waals surface area (Å²) in [4.78, 5) is 16.8. The molecule has 1 unspecified atom stereocenters. The SMILES string of the molecule is COc1ccc(CCNC(=O)C(C)N2CCN(c3cccc(F)c3C#N)CC2)cc1OC. The molecule has 0 spiro atoms. The van der Waals surface area contributed by atoms with E-state index < -0.39 is 5.82 Å². The minimum atomic E-state index is -0.505. The minimum absolute atomic E-state index is 0.0256. The minimum Gasteiger partial charge on any atom is -0.493 e. The van der Waals surface area contributed by atoms with Crippen LogP contribution in [0.4, 0.5) is 10.1 Å². The number of carbonyl (C=O) groups is 1. The number of ether oxygens (including phenoxy) is 2. The highest BCUT2D eigenvalue weighted by Crippen LogP contribution is 2.27. The maximum atomic E-state index is 13.9. The third kappa shape index (κ3) is 5.29. The van der Waals surface area contributed by atoms with Crippen LogP contribution in [0.2, 0.25) is 0 Å². The molecular weight excluding hydrogens is 411 g/mol. The van der Waals surface area contributed by atoms with Crippen molar-refractivity contribution in [1.29, 1.82) is 5.26 Å². The fourth-order valence-corrected chi connectivity index (χ4v) is 3.92. The van der Waals surface area contributed by atoms with E-state index in [2.05, 4.69) is 10.2 Å². The van der Waals surface area contributed by atoms with Crippen molar-refractivity contribution in [2.75, 3.05) is 51.8 Å². The van der Waals surface area contributed by atoms with Crippen LogP contribution in [0.15, 0.2) is 36.4 Å². The first-order chi connectivity index (χ1) is 15.5. The van der Waals surface area contributed by atoms with Crippen LogP contribution >= 0.6 is 0 Å². The Labute approximate surface area is 188 Å². The standard InChI is InChI=1S/C24H29FN4O3/c1-17(24(30)27-10-9-18-7-8-22(31-2)23(15-18)32-3)28-11-13-29(14-12-28)21-6-4-5-20(25)19(21)16-26/h4-8,15,17H,9-14H2,1-3H3,(H,27,30). The summed E-state index contributed by atoms with van der Waals surface area (Å²) in [5.41, 5.74) is 1.73. The second-order valence-electron chi connectivity index (χ2n) is 7.68. The van der Waals surface area contributed by atoms with Gasteiger partial charge in [0.15, 0.2) is 11.5 Å². The van der Waals surface area contributed by atoms with E-state index in [1.54, 1.807) is 26.4 Å². The lowest BCUT2D eigenvalue weighted by Gasteiger charge is -2.38. The molecule has 0 saturated carbocycles. The molecule has 7 nitrogen and oxygen atoms in total. The maximum absolute atomic E-state index is 13.9. The van der Waals surface area contributed by atoms with Gasteiger partial charge in [-0.05, 0) is 43.2 Å². The second-order valence-corrected chi connectivity index (χ2v) is 7.68. The Balaban J connectivity index is 1.49. The topological polar surface area (TPSA) is 77.8 Å². The van der Waals surface area contributed by atoms with Crippen molar-refractivity contribution in [3.8, 4) is 17.6 Å². The molecule has 2 aromatic rings. The van der Waals surface area contributed by atoms with Crippen LogP contribution in [0.25, 0.3) is 0 Å². The summed E-state index contributed by atoms with van der Waals surface area (Å²) >= 11 is 0. The van der Waals surface area contributed by atoms with Crippen molar-refractivity contribution in [3.63, 3.8) is 0 Å². The Morgan fingerprint density at radius 1 is 1.16 bits per heavy atom. The predicted molar refractivity (Wildman–Crippen MR) is 121 cm³/mol. The molecule has 1 fully saturated rings. The average molecular weight is 441 g/mol. The number of anilines is 1. The Hall–Kier alpha value is -3.31. The van der Waals surface area contributed by atoms with Gasteiger partial charge in [-0.1, -0.05) is 12.1 Å². The number of hydrogen-bond acceptors (Lipinski definition) is 6. The number of hydrogen-bond donors (Lipinski definition) is 1. The number of amides is 1. The molecule has 1 atom stereocenters. The van der Waals surface area contributed by atoms with Gasteiger partial charge in [-0.15, -0.1) is 0 Å². The van der Waals surface area contributed by atoms with Crippen molar-refractivity contribution in [2.45, 2.75) is 19.4 Å². The maximum Gasteiger partial charge on any atom is 0.237 e. The van der Waals surface area contributed by atoms with E-state index in [0.29, 0.717) is 56.3 Å². The quantitative estimate of drug-likeness (QED) is 0.680. The summed E-state index contributed by atoms with van der Waals surface area (Å²) in [5, 5.41) is 12.3. The Morgan fingerprint density at radius 2 is 1.88 bits per heavy atom. The zero-order valence-corrected chi connectivity index (χ0v) is 18.7. The van der Waals surface area contributed by atoms with Gasteiger partial charge >= 0.3 is 0 Å². The number of carbonyl (C=O) groups excluding carboxylic acids is 1. The highest BCUT2D eigenvalue weighted by Gasteiger charge is 2.26. The molecule has 1 heterocycles. The number of nitrogens with one attached hydrogen (secondary N) is 1. The van der Waals surface area contributed by atoms with Crippen molar-refractivity contribution < 1.29 is 18.7 Å². The van der Waals surface area contributed by atoms with Crippen LogP contribution in [-0.2, 0) is 11.2 Å². The summed E-state index contributed by atoms with van der Waals surface area (Å²) in [6.07, 6.45) is 0.684. The smallest absolute Gasteiger partial charge is 0.237 e. The Morgan fingerprint density at radius 3 is 2.53 bits per heavy atom. The van der Waals surface area contributed by atoms with E-state index in [1.807, 2.05) is 36.1 Å². The van der Waals surface area contributed by atoms with Crippen molar-refractivity contribution in [2.24, 2.45) is 0 Å². The van der Waals surface area contributed by atoms with Gasteiger partial charge in [0, 0.05) is 32.7 Å². The summed E-state index contributed by atoms with van der Waals surface area (Å²) < 4.78 is 24.5. The van der Waals surface area contributed by atoms with E-state index in [9.17, 15) is 14.4 Å². The normalized spacial score (nSPS) is 15.0. The van der Waals surface area contributed by atoms with E-state index in [-0.39, 0.29) is 17.5 Å². The molecule has 1 aliphatic heterocycles. The molecule has 8 heteroatoms. The number of rotatable bonds is 8. The molecule has 0 aromatic heterocycles. The Kier molecular flexibility index (Phi) is 7.90. The van der Waals surface area contributed by atoms with Crippen molar-refractivity contribution >= 4 is 11.6 Å². The van der Waals surface area contributed by atoms with Gasteiger partial charge in [0.1, 0.15) is 17.4 Å². The summed E-state index contributed by atoms with van der Waals surface area (Å²) in [6, 6.07) is 12.1. The van der Waals surface area contributed by atoms with E-state index in [1.165, 1.54) is 6.07 Å². The lowest BCUT2D eigenvalue weighted by atomic mass is 10.1. The van der Waals surface area contributed by atoms with Gasteiger partial charge in [-0.3, -0.25) is 9.69 Å². The molecule has 1 aliphatic rings. The van der Waals surface area contributed by atoms with Crippen LogP contribution in [0.3, 0.4) is 0 Å². The van der Waals surface area contributed by atoms with Crippen LogP contribution < -0.4 is 19.7 Å². The molecule has 1 saturated heterocycles. The molecule has 3 rings (SSSR count). The molecular formula is C24H29FN4O3. The molecule has 0 aliphatic carbocycles. The third-order valence-corrected chi connectivity index (χ3v) is 5.85. The monoisotopic (exact) mass is 440 g/mol. The molecule has 0 bridgehead atoms. The first-order valence-electron chi connectivity index (χ1n) is 10.6. The van der Waals surface area contributed by atoms with Crippen molar-refractivity contribution in [1.82, 2.24) is 10.2 Å². The highest BCUT2D eigenvalue weighted by atomic mass is 19.1. The van der Waals surface area contributed by atoms with E-state index >= 15 is 0 Å². The lowest BCUT2D eigenvalue weighted by molar-refractivity contribution is -0.125. The fourth-order valence-electron chi connectivity index (χ4n) is 3.92. The summed E-state index contributed by atoms with van der Waals surface area (Å²) in [7, 11) is 3.19. The predicted octanol–water partition coefficient (Wildman–Crippen LogP) is 2.58. The number of piperazine rings is 1. The summed E-state index contributed by atoms with van der Waals surface area (Å²) in [6.45, 7) is 4.98. The van der Waals surface area contributed by atoms with Gasteiger partial charge < -0.3 is 19.7 Å². The number of methoxy groups -OCH3 is 2. The number of nitrogens with zero attached hydrogens (tertiary/aromatic N) is 3. The molecule has 32 heavy (non-hydrogen) atoms. The van der Waals surface area contributed by atoms with Gasteiger partial charge in [-0.2, -0.15) is 5.26 Å². The van der Waals surface area contributed by atoms with Crippen LogP contribution in [0.5, 0.6) is 11.5 Å². The average Bonchev–Trinajstić information content (AvgIpc) is 2.83. The molecule has 1 amide bonds. The van der Waals surface area contributed by atoms with E-state index in [0.717, 1.165) is 5.56 Å². The van der Waals surface area contributed by atoms with Gasteiger partial charge in [0.2, 0.25) is 5.91 Å². The Bertz CT molecular complexity index is 984. The first-order valence-corrected chi connectivity index (χ1v) is 10.6. The molecule has 1 N–H and O–H groups in total. The van der Waals surface area contributed by atoms with Crippen LogP contribution in [0, 0.1) is 17.1 Å². The van der Waals surface area contributed by atoms with Crippen LogP contribution in [-0.4, -0.2) is 63.8 Å². The van der Waals surface area contributed by atoms with Crippen molar-refractivity contribution in [3.05, 3.63) is 53.3 Å². The third-order valence-electron chi connectivity index (χ3n) is 5.85. The zero-order chi connectivity index (χ0) is 23.1. The highest BCUT2D eigenvalue weighted by molar-refractivity contribution is 5.81. The lowest BCUT2D eigenvalue weighted by Crippen LogP contribution is -2.54. The zero-order valence-electron chi connectivity index (χ0n) is 18.7. The first kappa shape index (κ1) is 23.4. The number of benzene rings is 2. The largest absolute Gasteiger partial charge is 0.493 e. The fraction of sp³-hybridized carbons (Fsp3) is 0.417. The van der Waals surface area contributed by atoms with Gasteiger partial charge in [-0.25, -0.2) is 4.39 Å². The summed E-state index contributed by atoms with van der Waals surface area (Å²) in [5.74, 6) is 0.811. The molecule has 2 aromatic carbocycles.